The third kappa shape index (κ3) is 1.96. The number of aliphatic hydroxyl groups excluding tert-OH is 2. The second-order valence-corrected chi connectivity index (χ2v) is 7.21. The molecule has 1 aliphatic carbocycles. The number of hydrogen-bond donors (Lipinski definition) is 3. The van der Waals surface area contributed by atoms with Crippen LogP contribution in [0.3, 0.4) is 0 Å². The SMILES string of the molecule is Cc1cn([C@H]2C[C@@H](O)C3(CCC[C@@H]3O)S2)c(=O)[nH]c1=O. The molecule has 1 aliphatic heterocycles. The summed E-state index contributed by atoms with van der Waals surface area (Å²) < 4.78 is 0.901. The van der Waals surface area contributed by atoms with Crippen LogP contribution in [0.2, 0.25) is 0 Å². The summed E-state index contributed by atoms with van der Waals surface area (Å²) in [6, 6.07) is 0. The van der Waals surface area contributed by atoms with Gasteiger partial charge in [0.2, 0.25) is 0 Å². The average molecular weight is 298 g/mol. The summed E-state index contributed by atoms with van der Waals surface area (Å²) in [4.78, 5) is 25.6. The van der Waals surface area contributed by atoms with E-state index in [1.807, 2.05) is 0 Å². The number of H-pyrrole nitrogens is 1. The standard InChI is InChI=1S/C13H18N2O4S/c1-7-6-15(12(19)14-11(7)18)10-5-9(17)13(20-10)4-2-3-8(13)16/h6,8-10,16-17H,2-5H2,1H3,(H,14,18,19)/t8-,9+,10+,13?/m0/s1. The van der Waals surface area contributed by atoms with Gasteiger partial charge in [-0.25, -0.2) is 4.79 Å². The lowest BCUT2D eigenvalue weighted by atomic mass is 9.95. The quantitative estimate of drug-likeness (QED) is 0.685. The third-order valence-electron chi connectivity index (χ3n) is 4.41. The lowest BCUT2D eigenvalue weighted by Crippen LogP contribution is -2.41. The van der Waals surface area contributed by atoms with Gasteiger partial charge in [0.1, 0.15) is 0 Å². The van der Waals surface area contributed by atoms with Crippen LogP contribution in [0.25, 0.3) is 0 Å². The fourth-order valence-electron chi connectivity index (χ4n) is 3.25. The number of aromatic nitrogens is 2. The molecule has 2 heterocycles. The zero-order valence-electron chi connectivity index (χ0n) is 11.2. The molecule has 3 N–H and O–H groups in total. The van der Waals surface area contributed by atoms with E-state index in [-0.39, 0.29) is 10.9 Å². The Morgan fingerprint density at radius 1 is 1.40 bits per heavy atom. The van der Waals surface area contributed by atoms with Crippen molar-refractivity contribution in [1.29, 1.82) is 0 Å². The van der Waals surface area contributed by atoms with Gasteiger partial charge in [-0.1, -0.05) is 0 Å². The van der Waals surface area contributed by atoms with Crippen LogP contribution in [0.5, 0.6) is 0 Å². The second-order valence-electron chi connectivity index (χ2n) is 5.67. The lowest BCUT2D eigenvalue weighted by Gasteiger charge is -2.30. The molecule has 1 saturated heterocycles. The van der Waals surface area contributed by atoms with E-state index < -0.39 is 22.6 Å². The molecule has 0 bridgehead atoms. The number of rotatable bonds is 1. The van der Waals surface area contributed by atoms with Gasteiger partial charge >= 0.3 is 5.69 Å². The Hall–Kier alpha value is -1.05. The maximum atomic E-state index is 11.9. The monoisotopic (exact) mass is 298 g/mol. The molecule has 20 heavy (non-hydrogen) atoms. The smallest absolute Gasteiger partial charge is 0.329 e. The molecule has 3 rings (SSSR count). The van der Waals surface area contributed by atoms with Crippen LogP contribution in [0.15, 0.2) is 15.8 Å². The molecule has 4 atom stereocenters. The summed E-state index contributed by atoms with van der Waals surface area (Å²) in [6.07, 6.45) is 3.11. The van der Waals surface area contributed by atoms with Crippen molar-refractivity contribution in [2.45, 2.75) is 54.9 Å². The summed E-state index contributed by atoms with van der Waals surface area (Å²) in [5.41, 5.74) is -0.382. The first kappa shape index (κ1) is 13.9. The van der Waals surface area contributed by atoms with E-state index >= 15 is 0 Å². The van der Waals surface area contributed by atoms with Crippen molar-refractivity contribution in [2.24, 2.45) is 0 Å². The van der Waals surface area contributed by atoms with Crippen LogP contribution >= 0.6 is 11.8 Å². The predicted octanol–water partition coefficient (Wildman–Crippen LogP) is 0.125. The van der Waals surface area contributed by atoms with Gasteiger partial charge in [0.25, 0.3) is 5.56 Å². The van der Waals surface area contributed by atoms with E-state index in [1.54, 1.807) is 6.92 Å². The highest BCUT2D eigenvalue weighted by molar-refractivity contribution is 8.01. The van der Waals surface area contributed by atoms with E-state index in [2.05, 4.69) is 4.98 Å². The maximum absolute atomic E-state index is 11.9. The normalized spacial score (nSPS) is 36.9. The van der Waals surface area contributed by atoms with Crippen molar-refractivity contribution in [3.8, 4) is 0 Å². The molecule has 6 nitrogen and oxygen atoms in total. The molecule has 1 aromatic heterocycles. The van der Waals surface area contributed by atoms with Crippen LogP contribution < -0.4 is 11.2 Å². The molecule has 1 aromatic rings. The summed E-state index contributed by atoms with van der Waals surface area (Å²) in [7, 11) is 0. The Balaban J connectivity index is 1.96. The van der Waals surface area contributed by atoms with Crippen molar-refractivity contribution >= 4 is 11.8 Å². The minimum absolute atomic E-state index is 0.249. The largest absolute Gasteiger partial charge is 0.392 e. The number of hydrogen-bond acceptors (Lipinski definition) is 5. The molecule has 2 fully saturated rings. The minimum atomic E-state index is -0.630. The number of aryl methyl sites for hydroxylation is 1. The summed E-state index contributed by atoms with van der Waals surface area (Å²) in [5.74, 6) is 0. The van der Waals surface area contributed by atoms with Gasteiger partial charge in [-0.2, -0.15) is 0 Å². The Bertz CT molecular complexity index is 640. The van der Waals surface area contributed by atoms with Crippen molar-refractivity contribution in [3.05, 3.63) is 32.6 Å². The maximum Gasteiger partial charge on any atom is 0.329 e. The van der Waals surface area contributed by atoms with Gasteiger partial charge in [-0.05, 0) is 26.2 Å². The van der Waals surface area contributed by atoms with Gasteiger partial charge < -0.3 is 10.2 Å². The van der Waals surface area contributed by atoms with Crippen LogP contribution in [-0.2, 0) is 0 Å². The summed E-state index contributed by atoms with van der Waals surface area (Å²) in [6.45, 7) is 1.64. The highest BCUT2D eigenvalue weighted by Gasteiger charge is 2.55. The molecule has 1 saturated carbocycles. The predicted molar refractivity (Wildman–Crippen MR) is 75.9 cm³/mol. The number of nitrogens with zero attached hydrogens (tertiary/aromatic N) is 1. The van der Waals surface area contributed by atoms with Crippen molar-refractivity contribution in [1.82, 2.24) is 9.55 Å². The minimum Gasteiger partial charge on any atom is -0.392 e. The van der Waals surface area contributed by atoms with E-state index in [1.165, 1.54) is 22.5 Å². The average Bonchev–Trinajstić information content (AvgIpc) is 2.91. The molecule has 0 amide bonds. The van der Waals surface area contributed by atoms with E-state index in [0.29, 0.717) is 18.4 Å². The third-order valence-corrected chi connectivity index (χ3v) is 6.29. The van der Waals surface area contributed by atoms with Crippen LogP contribution in [0.4, 0.5) is 0 Å². The van der Waals surface area contributed by atoms with Crippen LogP contribution in [-0.4, -0.2) is 36.7 Å². The van der Waals surface area contributed by atoms with Crippen molar-refractivity contribution in [3.63, 3.8) is 0 Å². The topological polar surface area (TPSA) is 95.3 Å². The summed E-state index contributed by atoms with van der Waals surface area (Å²) >= 11 is 1.46. The fourth-order valence-corrected chi connectivity index (χ4v) is 5.10. The van der Waals surface area contributed by atoms with Crippen molar-refractivity contribution < 1.29 is 10.2 Å². The zero-order chi connectivity index (χ0) is 14.5. The highest BCUT2D eigenvalue weighted by atomic mass is 32.2. The Kier molecular flexibility index (Phi) is 3.30. The number of aromatic amines is 1. The first-order valence-electron chi connectivity index (χ1n) is 6.80. The first-order chi connectivity index (χ1) is 9.44. The van der Waals surface area contributed by atoms with Crippen LogP contribution in [0, 0.1) is 6.92 Å². The second kappa shape index (κ2) is 4.75. The Labute approximate surface area is 119 Å². The molecule has 110 valence electrons. The van der Waals surface area contributed by atoms with Gasteiger partial charge in [0.05, 0.1) is 22.3 Å². The number of aliphatic hydroxyl groups is 2. The Morgan fingerprint density at radius 2 is 2.15 bits per heavy atom. The van der Waals surface area contributed by atoms with Gasteiger partial charge in [-0.3, -0.25) is 14.3 Å². The molecule has 0 aromatic carbocycles. The highest BCUT2D eigenvalue weighted by Crippen LogP contribution is 2.56. The molecule has 7 heteroatoms. The summed E-state index contributed by atoms with van der Waals surface area (Å²) in [5, 5.41) is 20.2. The van der Waals surface area contributed by atoms with Gasteiger partial charge in [0, 0.05) is 18.2 Å². The van der Waals surface area contributed by atoms with E-state index in [0.717, 1.165) is 12.8 Å². The van der Waals surface area contributed by atoms with Gasteiger partial charge in [0.15, 0.2) is 0 Å². The van der Waals surface area contributed by atoms with E-state index in [9.17, 15) is 19.8 Å². The number of nitrogens with one attached hydrogen (secondary N) is 1. The molecule has 1 unspecified atom stereocenters. The van der Waals surface area contributed by atoms with E-state index in [4.69, 9.17) is 0 Å². The zero-order valence-corrected chi connectivity index (χ0v) is 12.0. The van der Waals surface area contributed by atoms with Crippen molar-refractivity contribution in [2.75, 3.05) is 0 Å². The van der Waals surface area contributed by atoms with Crippen LogP contribution in [0.1, 0.15) is 36.6 Å². The fraction of sp³-hybridized carbons (Fsp3) is 0.692. The molecule has 1 spiro atoms. The lowest BCUT2D eigenvalue weighted by molar-refractivity contribution is 0.0558. The molecular formula is C13H18N2O4S. The molecule has 2 aliphatic rings. The molecule has 0 radical (unpaired) electrons. The first-order valence-corrected chi connectivity index (χ1v) is 7.68. The molecular weight excluding hydrogens is 280 g/mol. The Morgan fingerprint density at radius 3 is 2.80 bits per heavy atom. The number of thioether (sulfide) groups is 1. The van der Waals surface area contributed by atoms with Gasteiger partial charge in [-0.15, -0.1) is 11.8 Å².